The van der Waals surface area contributed by atoms with Crippen molar-refractivity contribution in [1.82, 2.24) is 9.55 Å². The Hall–Kier alpha value is -2.24. The van der Waals surface area contributed by atoms with Crippen LogP contribution in [-0.2, 0) is 6.54 Å². The molecule has 0 saturated heterocycles. The third kappa shape index (κ3) is 2.41. The average molecular weight is 364 g/mol. The van der Waals surface area contributed by atoms with E-state index in [9.17, 15) is 8.78 Å². The fourth-order valence-corrected chi connectivity index (χ4v) is 3.04. The Bertz CT molecular complexity index is 995. The minimum Gasteiger partial charge on any atom is -0.315 e. The van der Waals surface area contributed by atoms with E-state index in [1.807, 2.05) is 6.07 Å². The molecule has 0 atom stereocenters. The zero-order valence-electron chi connectivity index (χ0n) is 12.1. The van der Waals surface area contributed by atoms with Gasteiger partial charge < -0.3 is 4.57 Å². The molecule has 0 fully saturated rings. The number of nitrogens with zero attached hydrogens (tertiary/aromatic N) is 3. The molecule has 0 unspecified atom stereocenters. The molecule has 0 N–H and O–H groups in total. The minimum atomic E-state index is -0.634. The van der Waals surface area contributed by atoms with Crippen LogP contribution in [0.5, 0.6) is 0 Å². The standard InChI is InChI=1S/C17H9Cl2F2N3/c18-12-4-9(7-23-17(12)19)16-14-2-1-3-24(14)15-6-10(20)5-13(21)11(15)8-22-16/h1-7H,8H2. The maximum Gasteiger partial charge on any atom is 0.147 e. The molecule has 3 heterocycles. The van der Waals surface area contributed by atoms with Gasteiger partial charge in [0.1, 0.15) is 16.8 Å². The number of rotatable bonds is 1. The molecule has 7 heteroatoms. The molecule has 0 saturated carbocycles. The highest BCUT2D eigenvalue weighted by Gasteiger charge is 2.22. The van der Waals surface area contributed by atoms with Crippen LogP contribution in [0.15, 0.2) is 47.7 Å². The van der Waals surface area contributed by atoms with Crippen molar-refractivity contribution in [3.63, 3.8) is 0 Å². The topological polar surface area (TPSA) is 30.2 Å². The Morgan fingerprint density at radius 3 is 2.75 bits per heavy atom. The number of pyridine rings is 1. The molecular weight excluding hydrogens is 355 g/mol. The summed E-state index contributed by atoms with van der Waals surface area (Å²) in [4.78, 5) is 8.53. The second-order valence-corrected chi connectivity index (χ2v) is 6.08. The maximum absolute atomic E-state index is 14.2. The van der Waals surface area contributed by atoms with Gasteiger partial charge in [0.25, 0.3) is 0 Å². The summed E-state index contributed by atoms with van der Waals surface area (Å²) in [6.45, 7) is 0.0820. The lowest BCUT2D eigenvalue weighted by Gasteiger charge is -2.11. The Morgan fingerprint density at radius 1 is 1.12 bits per heavy atom. The molecule has 4 rings (SSSR count). The molecule has 120 valence electrons. The number of fused-ring (bicyclic) bond motifs is 3. The Morgan fingerprint density at radius 2 is 1.96 bits per heavy atom. The average Bonchev–Trinajstić information content (AvgIpc) is 2.96. The highest BCUT2D eigenvalue weighted by molar-refractivity contribution is 6.41. The van der Waals surface area contributed by atoms with Crippen molar-refractivity contribution >= 4 is 28.9 Å². The molecule has 0 aliphatic carbocycles. The summed E-state index contributed by atoms with van der Waals surface area (Å²) < 4.78 is 29.6. The Labute approximate surface area is 146 Å². The lowest BCUT2D eigenvalue weighted by molar-refractivity contribution is 0.571. The molecule has 24 heavy (non-hydrogen) atoms. The van der Waals surface area contributed by atoms with Crippen LogP contribution in [-0.4, -0.2) is 15.3 Å². The SMILES string of the molecule is Fc1cc(F)c2c(c1)-n1cccc1C(c1cnc(Cl)c(Cl)c1)=NC2. The summed E-state index contributed by atoms with van der Waals surface area (Å²) in [5.41, 5.74) is 2.69. The summed E-state index contributed by atoms with van der Waals surface area (Å²) in [5, 5.41) is 0.496. The van der Waals surface area contributed by atoms with E-state index in [0.717, 1.165) is 6.07 Å². The second kappa shape index (κ2) is 5.69. The fraction of sp³-hybridized carbons (Fsp3) is 0.0588. The first-order valence-electron chi connectivity index (χ1n) is 7.06. The van der Waals surface area contributed by atoms with E-state index < -0.39 is 11.6 Å². The van der Waals surface area contributed by atoms with Gasteiger partial charge in [-0.3, -0.25) is 4.99 Å². The fourth-order valence-electron chi connectivity index (χ4n) is 2.77. The maximum atomic E-state index is 14.2. The van der Waals surface area contributed by atoms with E-state index in [-0.39, 0.29) is 11.7 Å². The number of aliphatic imine (C=N–C) groups is 1. The van der Waals surface area contributed by atoms with Crippen molar-refractivity contribution in [3.05, 3.63) is 81.4 Å². The summed E-state index contributed by atoms with van der Waals surface area (Å²) in [6.07, 6.45) is 3.29. The van der Waals surface area contributed by atoms with Gasteiger partial charge in [0, 0.05) is 29.6 Å². The number of hydrogen-bond acceptors (Lipinski definition) is 2. The first-order chi connectivity index (χ1) is 11.5. The quantitative estimate of drug-likeness (QED) is 0.570. The van der Waals surface area contributed by atoms with Crippen molar-refractivity contribution in [3.8, 4) is 5.69 Å². The van der Waals surface area contributed by atoms with Crippen LogP contribution in [0.3, 0.4) is 0 Å². The molecule has 2 aromatic heterocycles. The van der Waals surface area contributed by atoms with Crippen molar-refractivity contribution in [1.29, 1.82) is 0 Å². The van der Waals surface area contributed by atoms with Gasteiger partial charge in [-0.05, 0) is 24.3 Å². The van der Waals surface area contributed by atoms with Crippen LogP contribution in [0.2, 0.25) is 10.2 Å². The van der Waals surface area contributed by atoms with Gasteiger partial charge in [-0.2, -0.15) is 0 Å². The zero-order valence-corrected chi connectivity index (χ0v) is 13.6. The molecule has 0 radical (unpaired) electrons. The van der Waals surface area contributed by atoms with Gasteiger partial charge >= 0.3 is 0 Å². The van der Waals surface area contributed by atoms with E-state index in [1.165, 1.54) is 6.07 Å². The normalized spacial score (nSPS) is 13.1. The van der Waals surface area contributed by atoms with Crippen molar-refractivity contribution in [2.45, 2.75) is 6.54 Å². The van der Waals surface area contributed by atoms with E-state index >= 15 is 0 Å². The zero-order chi connectivity index (χ0) is 16.8. The molecule has 0 bridgehead atoms. The summed E-state index contributed by atoms with van der Waals surface area (Å²) in [7, 11) is 0. The molecule has 0 spiro atoms. The van der Waals surface area contributed by atoms with Gasteiger partial charge in [-0.25, -0.2) is 13.8 Å². The number of benzene rings is 1. The molecule has 1 aliphatic rings. The molecular formula is C17H9Cl2F2N3. The van der Waals surface area contributed by atoms with Crippen molar-refractivity contribution in [2.24, 2.45) is 4.99 Å². The number of hydrogen-bond donors (Lipinski definition) is 0. The smallest absolute Gasteiger partial charge is 0.147 e. The highest BCUT2D eigenvalue weighted by atomic mass is 35.5. The monoisotopic (exact) mass is 363 g/mol. The van der Waals surface area contributed by atoms with Crippen LogP contribution < -0.4 is 0 Å². The van der Waals surface area contributed by atoms with Gasteiger partial charge in [0.15, 0.2) is 0 Å². The largest absolute Gasteiger partial charge is 0.315 e. The van der Waals surface area contributed by atoms with Gasteiger partial charge in [0.05, 0.1) is 28.7 Å². The van der Waals surface area contributed by atoms with E-state index in [0.29, 0.717) is 33.2 Å². The van der Waals surface area contributed by atoms with Crippen LogP contribution in [0.1, 0.15) is 16.8 Å². The number of halogens is 4. The van der Waals surface area contributed by atoms with Crippen LogP contribution in [0.25, 0.3) is 5.69 Å². The van der Waals surface area contributed by atoms with E-state index in [2.05, 4.69) is 9.98 Å². The van der Waals surface area contributed by atoms with Crippen molar-refractivity contribution < 1.29 is 8.78 Å². The molecule has 3 nitrogen and oxygen atoms in total. The molecule has 0 amide bonds. The lowest BCUT2D eigenvalue weighted by atomic mass is 10.1. The molecule has 3 aromatic rings. The third-order valence-corrected chi connectivity index (χ3v) is 4.54. The number of aromatic nitrogens is 2. The first kappa shape index (κ1) is 15.3. The van der Waals surface area contributed by atoms with Crippen molar-refractivity contribution in [2.75, 3.05) is 0 Å². The second-order valence-electron chi connectivity index (χ2n) is 5.31. The Kier molecular flexibility index (Phi) is 3.62. The van der Waals surface area contributed by atoms with E-state index in [1.54, 1.807) is 29.1 Å². The van der Waals surface area contributed by atoms with Gasteiger partial charge in [-0.15, -0.1) is 0 Å². The Balaban J connectivity index is 1.95. The molecule has 1 aromatic carbocycles. The predicted molar refractivity (Wildman–Crippen MR) is 89.3 cm³/mol. The summed E-state index contributed by atoms with van der Waals surface area (Å²) in [5.74, 6) is -1.26. The van der Waals surface area contributed by atoms with Crippen LogP contribution in [0, 0.1) is 11.6 Å². The molecule has 1 aliphatic heterocycles. The van der Waals surface area contributed by atoms with Crippen LogP contribution >= 0.6 is 23.2 Å². The van der Waals surface area contributed by atoms with Gasteiger partial charge in [0.2, 0.25) is 0 Å². The lowest BCUT2D eigenvalue weighted by Crippen LogP contribution is -2.09. The minimum absolute atomic E-state index is 0.0820. The predicted octanol–water partition coefficient (Wildman–Crippen LogP) is 4.81. The van der Waals surface area contributed by atoms with Crippen LogP contribution in [0.4, 0.5) is 8.78 Å². The first-order valence-corrected chi connectivity index (χ1v) is 7.82. The van der Waals surface area contributed by atoms with E-state index in [4.69, 9.17) is 23.2 Å². The summed E-state index contributed by atoms with van der Waals surface area (Å²) >= 11 is 11.9. The highest BCUT2D eigenvalue weighted by Crippen LogP contribution is 2.29. The van der Waals surface area contributed by atoms with Gasteiger partial charge in [-0.1, -0.05) is 23.2 Å². The summed E-state index contributed by atoms with van der Waals surface area (Å²) in [6, 6.07) is 7.42. The third-order valence-electron chi connectivity index (χ3n) is 3.85.